The number of carbonyl (C=O) groups is 2. The number of carboxylic acids is 1. The standard InChI is InChI=1S/C23H27BrN4O6S/c24-17-6-10-19(11-7-17)35(32,33)28-20(22(30)31)15-16-4-8-18(9-5-16)34-14-1-3-21(29)27-23-25-12-2-13-26-23/h4-11,20,28H,1-3,12-15H2,(H,30,31)(H2,25,26,27,29). The van der Waals surface area contributed by atoms with Crippen LogP contribution in [0.1, 0.15) is 24.8 Å². The van der Waals surface area contributed by atoms with Crippen molar-refractivity contribution in [3.63, 3.8) is 0 Å². The summed E-state index contributed by atoms with van der Waals surface area (Å²) in [6, 6.07) is 11.3. The number of aliphatic imine (C=N–C) groups is 1. The third-order valence-corrected chi connectivity index (χ3v) is 7.07. The normalized spacial score (nSPS) is 14.4. The topological polar surface area (TPSA) is 146 Å². The van der Waals surface area contributed by atoms with Gasteiger partial charge in [-0.15, -0.1) is 0 Å². The summed E-state index contributed by atoms with van der Waals surface area (Å²) >= 11 is 3.24. The van der Waals surface area contributed by atoms with Crippen LogP contribution in [0.4, 0.5) is 0 Å². The minimum absolute atomic E-state index is 0.0210. The Morgan fingerprint density at radius 2 is 1.86 bits per heavy atom. The second-order valence-corrected chi connectivity index (χ2v) is 10.5. The van der Waals surface area contributed by atoms with Gasteiger partial charge in [0.05, 0.1) is 11.5 Å². The minimum Gasteiger partial charge on any atom is -0.494 e. The highest BCUT2D eigenvalue weighted by molar-refractivity contribution is 9.10. The third kappa shape index (κ3) is 8.64. The van der Waals surface area contributed by atoms with E-state index >= 15 is 0 Å². The molecule has 0 aliphatic carbocycles. The number of carbonyl (C=O) groups excluding carboxylic acids is 1. The molecule has 35 heavy (non-hydrogen) atoms. The van der Waals surface area contributed by atoms with Gasteiger partial charge in [-0.3, -0.25) is 19.9 Å². The lowest BCUT2D eigenvalue weighted by Gasteiger charge is -2.16. The Morgan fingerprint density at radius 1 is 1.14 bits per heavy atom. The Bertz CT molecular complexity index is 1150. The Hall–Kier alpha value is -2.96. The van der Waals surface area contributed by atoms with E-state index in [1.165, 1.54) is 12.1 Å². The Balaban J connectivity index is 1.47. The summed E-state index contributed by atoms with van der Waals surface area (Å²) in [5.74, 6) is -0.340. The van der Waals surface area contributed by atoms with Crippen LogP contribution in [0.25, 0.3) is 0 Å². The first-order chi connectivity index (χ1) is 16.7. The number of amides is 1. The molecule has 1 atom stereocenters. The number of hydrogen-bond donors (Lipinski definition) is 4. The van der Waals surface area contributed by atoms with E-state index in [9.17, 15) is 23.1 Å². The quantitative estimate of drug-likeness (QED) is 0.304. The van der Waals surface area contributed by atoms with Crippen molar-refractivity contribution in [2.75, 3.05) is 19.7 Å². The van der Waals surface area contributed by atoms with Gasteiger partial charge in [-0.05, 0) is 61.2 Å². The summed E-state index contributed by atoms with van der Waals surface area (Å²) in [4.78, 5) is 27.8. The maximum Gasteiger partial charge on any atom is 0.322 e. The number of aliphatic carboxylic acids is 1. The molecule has 10 nitrogen and oxygen atoms in total. The zero-order valence-corrected chi connectivity index (χ0v) is 21.3. The number of carboxylic acid groups (broad SMARTS) is 1. The van der Waals surface area contributed by atoms with E-state index in [4.69, 9.17) is 4.74 Å². The van der Waals surface area contributed by atoms with Crippen molar-refractivity contribution in [1.29, 1.82) is 0 Å². The second-order valence-electron chi connectivity index (χ2n) is 7.82. The first kappa shape index (κ1) is 26.6. The van der Waals surface area contributed by atoms with Gasteiger partial charge in [0.2, 0.25) is 15.9 Å². The van der Waals surface area contributed by atoms with Gasteiger partial charge in [0, 0.05) is 24.0 Å². The van der Waals surface area contributed by atoms with Gasteiger partial charge >= 0.3 is 5.97 Å². The number of nitrogens with zero attached hydrogens (tertiary/aromatic N) is 1. The van der Waals surface area contributed by atoms with E-state index < -0.39 is 22.0 Å². The molecular formula is C23H27BrN4O6S. The van der Waals surface area contributed by atoms with Crippen LogP contribution in [0, 0.1) is 0 Å². The van der Waals surface area contributed by atoms with Crippen LogP contribution >= 0.6 is 15.9 Å². The summed E-state index contributed by atoms with van der Waals surface area (Å²) < 4.78 is 33.7. The van der Waals surface area contributed by atoms with Crippen molar-refractivity contribution in [3.05, 3.63) is 58.6 Å². The molecule has 1 aliphatic heterocycles. The molecule has 2 aromatic rings. The summed E-state index contributed by atoms with van der Waals surface area (Å²) in [5.41, 5.74) is 0.628. The highest BCUT2D eigenvalue weighted by Crippen LogP contribution is 2.17. The van der Waals surface area contributed by atoms with Crippen LogP contribution in [0.2, 0.25) is 0 Å². The molecule has 1 aliphatic rings. The molecule has 1 amide bonds. The van der Waals surface area contributed by atoms with Crippen molar-refractivity contribution in [3.8, 4) is 5.75 Å². The van der Waals surface area contributed by atoms with Gasteiger partial charge in [-0.1, -0.05) is 28.1 Å². The first-order valence-corrected chi connectivity index (χ1v) is 13.3. The minimum atomic E-state index is -4.00. The summed E-state index contributed by atoms with van der Waals surface area (Å²) in [5, 5.41) is 15.3. The predicted molar refractivity (Wildman–Crippen MR) is 134 cm³/mol. The highest BCUT2D eigenvalue weighted by atomic mass is 79.9. The molecule has 188 valence electrons. The van der Waals surface area contributed by atoms with Crippen molar-refractivity contribution in [2.45, 2.75) is 36.6 Å². The molecule has 4 N–H and O–H groups in total. The fraction of sp³-hybridized carbons (Fsp3) is 0.348. The molecule has 0 radical (unpaired) electrons. The van der Waals surface area contributed by atoms with E-state index in [0.717, 1.165) is 13.0 Å². The fourth-order valence-electron chi connectivity index (χ4n) is 3.24. The molecule has 0 aromatic heterocycles. The van der Waals surface area contributed by atoms with Gasteiger partial charge < -0.3 is 15.2 Å². The molecule has 12 heteroatoms. The molecule has 0 saturated carbocycles. The van der Waals surface area contributed by atoms with Crippen LogP contribution in [-0.2, 0) is 26.0 Å². The van der Waals surface area contributed by atoms with Gasteiger partial charge in [0.15, 0.2) is 5.96 Å². The number of nitrogens with one attached hydrogen (secondary N) is 3. The average Bonchev–Trinajstić information content (AvgIpc) is 2.83. The number of rotatable bonds is 11. The number of ether oxygens (including phenoxy) is 1. The first-order valence-electron chi connectivity index (χ1n) is 11.0. The van der Waals surface area contributed by atoms with Crippen LogP contribution < -0.4 is 20.1 Å². The van der Waals surface area contributed by atoms with Crippen LogP contribution in [0.3, 0.4) is 0 Å². The third-order valence-electron chi connectivity index (χ3n) is 5.05. The molecule has 3 rings (SSSR count). The summed E-state index contributed by atoms with van der Waals surface area (Å²) in [7, 11) is -4.00. The van der Waals surface area contributed by atoms with Crippen molar-refractivity contribution in [2.24, 2.45) is 4.99 Å². The largest absolute Gasteiger partial charge is 0.494 e. The molecular weight excluding hydrogens is 540 g/mol. The zero-order chi connectivity index (χ0) is 25.3. The smallest absolute Gasteiger partial charge is 0.322 e. The van der Waals surface area contributed by atoms with Crippen molar-refractivity contribution in [1.82, 2.24) is 15.4 Å². The monoisotopic (exact) mass is 566 g/mol. The summed E-state index contributed by atoms with van der Waals surface area (Å²) in [6.07, 6.45) is 1.71. The van der Waals surface area contributed by atoms with E-state index in [-0.39, 0.29) is 23.6 Å². The van der Waals surface area contributed by atoms with Crippen LogP contribution in [0.5, 0.6) is 5.75 Å². The van der Waals surface area contributed by atoms with Crippen molar-refractivity contribution < 1.29 is 27.9 Å². The molecule has 1 heterocycles. The molecule has 0 bridgehead atoms. The molecule has 0 fully saturated rings. The van der Waals surface area contributed by atoms with Crippen LogP contribution in [0.15, 0.2) is 62.9 Å². The molecule has 2 aromatic carbocycles. The molecule has 0 saturated heterocycles. The van der Waals surface area contributed by atoms with Gasteiger partial charge in [0.25, 0.3) is 0 Å². The van der Waals surface area contributed by atoms with E-state index in [1.807, 2.05) is 0 Å². The Kier molecular flexibility index (Phi) is 9.64. The maximum atomic E-state index is 12.6. The SMILES string of the molecule is O=C(CCCOc1ccc(CC(NS(=O)(=O)c2ccc(Br)cc2)C(=O)O)cc1)NC1=NCCCN1. The second kappa shape index (κ2) is 12.7. The lowest BCUT2D eigenvalue weighted by molar-refractivity contribution is -0.138. The number of halogens is 1. The Morgan fingerprint density at radius 3 is 2.49 bits per heavy atom. The number of sulfonamides is 1. The molecule has 0 spiro atoms. The number of hydrogen-bond acceptors (Lipinski definition) is 7. The molecule has 1 unspecified atom stereocenters. The zero-order valence-electron chi connectivity index (χ0n) is 18.9. The van der Waals surface area contributed by atoms with Gasteiger partial charge in [-0.25, -0.2) is 8.42 Å². The maximum absolute atomic E-state index is 12.6. The lowest BCUT2D eigenvalue weighted by Crippen LogP contribution is -2.43. The van der Waals surface area contributed by atoms with E-state index in [2.05, 4.69) is 36.3 Å². The highest BCUT2D eigenvalue weighted by Gasteiger charge is 2.25. The van der Waals surface area contributed by atoms with Gasteiger partial charge in [0.1, 0.15) is 11.8 Å². The van der Waals surface area contributed by atoms with Crippen molar-refractivity contribution >= 4 is 43.8 Å². The number of benzene rings is 2. The average molecular weight is 567 g/mol. The summed E-state index contributed by atoms with van der Waals surface area (Å²) in [6.45, 7) is 1.83. The Labute approximate surface area is 212 Å². The van der Waals surface area contributed by atoms with Crippen LogP contribution in [-0.4, -0.2) is 57.1 Å². The van der Waals surface area contributed by atoms with E-state index in [0.29, 0.717) is 41.3 Å². The van der Waals surface area contributed by atoms with Gasteiger partial charge in [-0.2, -0.15) is 4.72 Å². The fourth-order valence-corrected chi connectivity index (χ4v) is 4.69. The van der Waals surface area contributed by atoms with E-state index in [1.54, 1.807) is 36.4 Å². The predicted octanol–water partition coefficient (Wildman–Crippen LogP) is 2.05. The lowest BCUT2D eigenvalue weighted by atomic mass is 10.1. The number of guanidine groups is 1.